The molecule has 4 heteroatoms. The number of rotatable bonds is 3. The van der Waals surface area contributed by atoms with Gasteiger partial charge in [0, 0.05) is 18.6 Å². The van der Waals surface area contributed by atoms with E-state index in [1.54, 1.807) is 0 Å². The van der Waals surface area contributed by atoms with Crippen molar-refractivity contribution < 1.29 is 21.5 Å². The predicted molar refractivity (Wildman–Crippen MR) is 50.6 cm³/mol. The number of pyridine rings is 1. The minimum absolute atomic E-state index is 0. The van der Waals surface area contributed by atoms with Crippen molar-refractivity contribution in [1.29, 1.82) is 0 Å². The molecule has 0 bridgehead atoms. The van der Waals surface area contributed by atoms with Crippen molar-refractivity contribution in [3.63, 3.8) is 0 Å². The maximum absolute atomic E-state index is 5.36. The Morgan fingerprint density at radius 3 is 2.17 bits per heavy atom. The molecule has 1 rings (SSSR count). The molecule has 0 aliphatic rings. The molecule has 1 aromatic heterocycles. The van der Waals surface area contributed by atoms with Gasteiger partial charge in [0.15, 0.2) is 12.4 Å². The normalized spacial score (nSPS) is 8.08. The van der Waals surface area contributed by atoms with E-state index in [4.69, 9.17) is 5.73 Å². The number of aromatic nitrogens is 1. The summed E-state index contributed by atoms with van der Waals surface area (Å²) < 4.78 is 2.13. The molecule has 0 saturated heterocycles. The Hall–Kier alpha value is 0.0700. The van der Waals surface area contributed by atoms with Crippen LogP contribution in [0, 0.1) is 0 Å². The van der Waals surface area contributed by atoms with Gasteiger partial charge in [-0.15, -0.1) is 17.0 Å². The van der Waals surface area contributed by atoms with Gasteiger partial charge >= 0.3 is 0 Å². The highest BCUT2D eigenvalue weighted by molar-refractivity contribution is 8.93. The number of aryl methyl sites for hydroxylation is 1. The number of nitrogens with two attached hydrogens (primary N) is 1. The van der Waals surface area contributed by atoms with Crippen LogP contribution in [-0.2, 0) is 6.54 Å². The van der Waals surface area contributed by atoms with Gasteiger partial charge in [-0.25, -0.2) is 4.57 Å². The van der Waals surface area contributed by atoms with E-state index >= 15 is 0 Å². The maximum atomic E-state index is 5.36. The summed E-state index contributed by atoms with van der Waals surface area (Å²) in [6, 6.07) is 6.06. The Bertz CT molecular complexity index is 180. The number of nitrogens with zero attached hydrogens (tertiary/aromatic N) is 1. The van der Waals surface area contributed by atoms with Gasteiger partial charge in [-0.2, -0.15) is 0 Å². The second kappa shape index (κ2) is 9.16. The average molecular weight is 298 g/mol. The van der Waals surface area contributed by atoms with Crippen molar-refractivity contribution in [1.82, 2.24) is 0 Å². The zero-order chi connectivity index (χ0) is 7.23. The van der Waals surface area contributed by atoms with E-state index in [1.807, 2.05) is 18.2 Å². The van der Waals surface area contributed by atoms with Crippen molar-refractivity contribution in [3.05, 3.63) is 30.6 Å². The maximum Gasteiger partial charge on any atom is 0.168 e. The van der Waals surface area contributed by atoms with Crippen LogP contribution >= 0.6 is 17.0 Å². The Labute approximate surface area is 94.3 Å². The van der Waals surface area contributed by atoms with Gasteiger partial charge in [-0.1, -0.05) is 6.07 Å². The molecule has 0 saturated carbocycles. The molecule has 70 valence electrons. The lowest BCUT2D eigenvalue weighted by atomic mass is 10.4. The van der Waals surface area contributed by atoms with E-state index in [9.17, 15) is 0 Å². The van der Waals surface area contributed by atoms with Crippen LogP contribution in [0.5, 0.6) is 0 Å². The molecule has 2 nitrogen and oxygen atoms in total. The molecule has 0 atom stereocenters. The molecular weight excluding hydrogens is 284 g/mol. The van der Waals surface area contributed by atoms with Crippen LogP contribution in [0.15, 0.2) is 30.6 Å². The van der Waals surface area contributed by atoms with Gasteiger partial charge in [0.25, 0.3) is 0 Å². The Morgan fingerprint density at radius 2 is 1.67 bits per heavy atom. The van der Waals surface area contributed by atoms with Gasteiger partial charge in [0.05, 0.1) is 0 Å². The van der Waals surface area contributed by atoms with Gasteiger partial charge in [0.1, 0.15) is 6.54 Å². The molecule has 0 radical (unpaired) electrons. The highest BCUT2D eigenvalue weighted by atomic mass is 79.9. The summed E-state index contributed by atoms with van der Waals surface area (Å²) in [5, 5.41) is 0. The predicted octanol–water partition coefficient (Wildman–Crippen LogP) is -2.10. The van der Waals surface area contributed by atoms with Crippen LogP contribution < -0.4 is 27.3 Å². The van der Waals surface area contributed by atoms with Crippen molar-refractivity contribution in [3.8, 4) is 0 Å². The molecule has 1 heterocycles. The molecule has 0 amide bonds. The highest BCUT2D eigenvalue weighted by Crippen LogP contribution is 1.78. The third-order valence-corrected chi connectivity index (χ3v) is 1.40. The summed E-state index contributed by atoms with van der Waals surface area (Å²) in [6.45, 7) is 1.79. The summed E-state index contributed by atoms with van der Waals surface area (Å²) in [7, 11) is 0. The molecule has 1 aromatic rings. The van der Waals surface area contributed by atoms with Crippen LogP contribution in [0.1, 0.15) is 6.42 Å². The fourth-order valence-electron chi connectivity index (χ4n) is 0.857. The first-order valence-corrected chi connectivity index (χ1v) is 3.57. The SMILES string of the molecule is Br.NCCC[n+]1ccccc1.[Br-]. The van der Waals surface area contributed by atoms with Crippen molar-refractivity contribution in [2.75, 3.05) is 6.54 Å². The smallest absolute Gasteiger partial charge is 0.168 e. The lowest BCUT2D eigenvalue weighted by Crippen LogP contribution is -3.00. The zero-order valence-electron chi connectivity index (χ0n) is 6.82. The van der Waals surface area contributed by atoms with Crippen molar-refractivity contribution >= 4 is 17.0 Å². The van der Waals surface area contributed by atoms with E-state index < -0.39 is 0 Å². The summed E-state index contributed by atoms with van der Waals surface area (Å²) in [4.78, 5) is 0. The average Bonchev–Trinajstić information content (AvgIpc) is 2.03. The second-order valence-corrected chi connectivity index (χ2v) is 2.26. The summed E-state index contributed by atoms with van der Waals surface area (Å²) in [5.74, 6) is 0. The van der Waals surface area contributed by atoms with Crippen LogP contribution in [-0.4, -0.2) is 6.54 Å². The summed E-state index contributed by atoms with van der Waals surface area (Å²) in [6.07, 6.45) is 5.15. The van der Waals surface area contributed by atoms with E-state index in [0.717, 1.165) is 19.5 Å². The molecule has 0 spiro atoms. The first kappa shape index (κ1) is 14.6. The summed E-state index contributed by atoms with van der Waals surface area (Å²) >= 11 is 0. The third kappa shape index (κ3) is 5.69. The largest absolute Gasteiger partial charge is 1.00 e. The molecule has 0 unspecified atom stereocenters. The minimum atomic E-state index is 0. The van der Waals surface area contributed by atoms with Crippen LogP contribution in [0.4, 0.5) is 0 Å². The van der Waals surface area contributed by atoms with E-state index in [1.165, 1.54) is 0 Å². The fraction of sp³-hybridized carbons (Fsp3) is 0.375. The topological polar surface area (TPSA) is 29.9 Å². The molecular formula is C8H14Br2N2. The van der Waals surface area contributed by atoms with Crippen LogP contribution in [0.2, 0.25) is 0 Å². The number of halogens is 2. The Morgan fingerprint density at radius 1 is 1.08 bits per heavy atom. The molecule has 0 fully saturated rings. The second-order valence-electron chi connectivity index (χ2n) is 2.26. The first-order chi connectivity index (χ1) is 4.93. The summed E-state index contributed by atoms with van der Waals surface area (Å²) in [5.41, 5.74) is 5.36. The van der Waals surface area contributed by atoms with Crippen LogP contribution in [0.25, 0.3) is 0 Å². The fourth-order valence-corrected chi connectivity index (χ4v) is 0.857. The standard InChI is InChI=1S/C8H13N2.2BrH/c9-5-4-8-10-6-2-1-3-7-10;;/h1-3,6-7H,4-5,8-9H2;2*1H/q+1;;/p-1. The zero-order valence-corrected chi connectivity index (χ0v) is 10.1. The van der Waals surface area contributed by atoms with Gasteiger partial charge in [-0.3, -0.25) is 0 Å². The quantitative estimate of drug-likeness (QED) is 0.637. The molecule has 0 aromatic carbocycles. The van der Waals surface area contributed by atoms with Crippen molar-refractivity contribution in [2.45, 2.75) is 13.0 Å². The lowest BCUT2D eigenvalue weighted by molar-refractivity contribution is -0.697. The Kier molecular flexibility index (Phi) is 11.1. The van der Waals surface area contributed by atoms with Gasteiger partial charge in [-0.05, 0) is 6.54 Å². The molecule has 0 aliphatic carbocycles. The molecule has 2 N–H and O–H groups in total. The number of hydrogen-bond donors (Lipinski definition) is 1. The number of hydrogen-bond acceptors (Lipinski definition) is 1. The molecule has 0 aliphatic heterocycles. The third-order valence-electron chi connectivity index (χ3n) is 1.40. The highest BCUT2D eigenvalue weighted by Gasteiger charge is 1.93. The van der Waals surface area contributed by atoms with E-state index in [-0.39, 0.29) is 34.0 Å². The lowest BCUT2D eigenvalue weighted by Gasteiger charge is -1.91. The van der Waals surface area contributed by atoms with E-state index in [2.05, 4.69) is 17.0 Å². The van der Waals surface area contributed by atoms with Crippen LogP contribution in [0.3, 0.4) is 0 Å². The monoisotopic (exact) mass is 296 g/mol. The Balaban J connectivity index is 0. The van der Waals surface area contributed by atoms with Gasteiger partial charge < -0.3 is 22.7 Å². The molecule has 12 heavy (non-hydrogen) atoms. The van der Waals surface area contributed by atoms with Gasteiger partial charge in [0.2, 0.25) is 0 Å². The minimum Gasteiger partial charge on any atom is -1.00 e. The van der Waals surface area contributed by atoms with Crippen molar-refractivity contribution in [2.24, 2.45) is 5.73 Å². The van der Waals surface area contributed by atoms with E-state index in [0.29, 0.717) is 0 Å². The first-order valence-electron chi connectivity index (χ1n) is 3.57.